The molecule has 0 saturated carbocycles. The largest absolute Gasteiger partial charge is 0.399 e. The molecule has 0 saturated heterocycles. The predicted molar refractivity (Wildman–Crippen MR) is 79.6 cm³/mol. The first-order chi connectivity index (χ1) is 8.58. The van der Waals surface area contributed by atoms with E-state index in [-0.39, 0.29) is 5.91 Å². The van der Waals surface area contributed by atoms with Gasteiger partial charge in [-0.3, -0.25) is 4.79 Å². The minimum atomic E-state index is 0.180. The van der Waals surface area contributed by atoms with Gasteiger partial charge in [-0.05, 0) is 48.0 Å². The van der Waals surface area contributed by atoms with Crippen LogP contribution in [0.5, 0.6) is 0 Å². The van der Waals surface area contributed by atoms with Crippen LogP contribution in [0.1, 0.15) is 20.3 Å². The molecule has 0 radical (unpaired) electrons. The number of nitrogens with one attached hydrogen (secondary N) is 1. The van der Waals surface area contributed by atoms with Gasteiger partial charge >= 0.3 is 0 Å². The van der Waals surface area contributed by atoms with E-state index in [0.717, 1.165) is 23.2 Å². The molecule has 100 valence electrons. The Bertz CT molecular complexity index is 405. The van der Waals surface area contributed by atoms with E-state index >= 15 is 0 Å². The number of nitrogens with zero attached hydrogens (tertiary/aromatic N) is 1. The molecule has 0 bridgehead atoms. The highest BCUT2D eigenvalue weighted by molar-refractivity contribution is 9.10. The molecular formula is C13H20BrN3O. The summed E-state index contributed by atoms with van der Waals surface area (Å²) in [4.78, 5) is 13.6. The molecule has 3 N–H and O–H groups in total. The van der Waals surface area contributed by atoms with Crippen molar-refractivity contribution in [1.82, 2.24) is 4.90 Å². The summed E-state index contributed by atoms with van der Waals surface area (Å²) < 4.78 is 0.915. The monoisotopic (exact) mass is 313 g/mol. The van der Waals surface area contributed by atoms with Crippen LogP contribution in [0, 0.1) is 0 Å². The Labute approximate surface area is 117 Å². The summed E-state index contributed by atoms with van der Waals surface area (Å²) >= 11 is 3.43. The fourth-order valence-corrected chi connectivity index (χ4v) is 2.25. The van der Waals surface area contributed by atoms with E-state index in [0.29, 0.717) is 18.7 Å². The molecule has 1 rings (SSSR count). The number of benzene rings is 1. The lowest BCUT2D eigenvalue weighted by atomic mass is 10.2. The van der Waals surface area contributed by atoms with Crippen molar-refractivity contribution in [3.63, 3.8) is 0 Å². The zero-order valence-electron chi connectivity index (χ0n) is 10.9. The quantitative estimate of drug-likeness (QED) is 0.794. The van der Waals surface area contributed by atoms with Crippen LogP contribution >= 0.6 is 15.9 Å². The second kappa shape index (κ2) is 7.26. The van der Waals surface area contributed by atoms with Crippen LogP contribution in [0.25, 0.3) is 0 Å². The van der Waals surface area contributed by atoms with Gasteiger partial charge in [0.15, 0.2) is 0 Å². The number of anilines is 2. The van der Waals surface area contributed by atoms with Gasteiger partial charge in [-0.25, -0.2) is 0 Å². The number of hydrogen-bond donors (Lipinski definition) is 2. The van der Waals surface area contributed by atoms with Crippen LogP contribution in [0.15, 0.2) is 22.7 Å². The van der Waals surface area contributed by atoms with Gasteiger partial charge in [0.05, 0.1) is 0 Å². The third-order valence-corrected chi connectivity index (χ3v) is 3.42. The number of rotatable bonds is 6. The lowest BCUT2D eigenvalue weighted by molar-refractivity contribution is -0.130. The van der Waals surface area contributed by atoms with Gasteiger partial charge in [0.1, 0.15) is 0 Å². The lowest BCUT2D eigenvalue weighted by Gasteiger charge is -2.18. The number of amides is 1. The summed E-state index contributed by atoms with van der Waals surface area (Å²) in [5, 5.41) is 3.22. The predicted octanol–water partition coefficient (Wildman–Crippen LogP) is 2.70. The van der Waals surface area contributed by atoms with E-state index in [1.165, 1.54) is 0 Å². The van der Waals surface area contributed by atoms with Crippen molar-refractivity contribution < 1.29 is 4.79 Å². The zero-order valence-corrected chi connectivity index (χ0v) is 12.5. The van der Waals surface area contributed by atoms with Crippen LogP contribution in [-0.4, -0.2) is 30.4 Å². The summed E-state index contributed by atoms with van der Waals surface area (Å²) in [5.74, 6) is 0.180. The van der Waals surface area contributed by atoms with Gasteiger partial charge in [-0.1, -0.05) is 0 Å². The van der Waals surface area contributed by atoms with E-state index in [1.807, 2.05) is 36.9 Å². The first-order valence-electron chi connectivity index (χ1n) is 6.15. The topological polar surface area (TPSA) is 58.4 Å². The SMILES string of the molecule is CCN(CC)C(=O)CCNc1ccc(N)cc1Br. The first kappa shape index (κ1) is 14.8. The Hall–Kier alpha value is -1.23. The van der Waals surface area contributed by atoms with Crippen LogP contribution in [0.2, 0.25) is 0 Å². The van der Waals surface area contributed by atoms with E-state index < -0.39 is 0 Å². The fraction of sp³-hybridized carbons (Fsp3) is 0.462. The minimum absolute atomic E-state index is 0.180. The van der Waals surface area contributed by atoms with Gasteiger partial charge in [0, 0.05) is 41.9 Å². The van der Waals surface area contributed by atoms with Crippen molar-refractivity contribution in [3.8, 4) is 0 Å². The summed E-state index contributed by atoms with van der Waals surface area (Å²) in [7, 11) is 0. The fourth-order valence-electron chi connectivity index (χ4n) is 1.71. The molecule has 0 fully saturated rings. The maximum Gasteiger partial charge on any atom is 0.224 e. The Morgan fingerprint density at radius 1 is 1.39 bits per heavy atom. The Kier molecular flexibility index (Phi) is 5.98. The molecule has 1 aromatic carbocycles. The van der Waals surface area contributed by atoms with E-state index in [9.17, 15) is 4.79 Å². The van der Waals surface area contributed by atoms with Crippen molar-refractivity contribution in [3.05, 3.63) is 22.7 Å². The summed E-state index contributed by atoms with van der Waals surface area (Å²) in [6.45, 7) is 6.14. The minimum Gasteiger partial charge on any atom is -0.399 e. The molecule has 0 aliphatic carbocycles. The number of halogens is 1. The number of carbonyl (C=O) groups excluding carboxylic acids is 1. The smallest absolute Gasteiger partial charge is 0.224 e. The van der Waals surface area contributed by atoms with Crippen molar-refractivity contribution >= 4 is 33.2 Å². The summed E-state index contributed by atoms with van der Waals surface area (Å²) in [5.41, 5.74) is 7.33. The summed E-state index contributed by atoms with van der Waals surface area (Å²) in [6, 6.07) is 5.58. The van der Waals surface area contributed by atoms with Crippen molar-refractivity contribution in [2.24, 2.45) is 0 Å². The molecule has 5 heteroatoms. The first-order valence-corrected chi connectivity index (χ1v) is 6.94. The van der Waals surface area contributed by atoms with Crippen LogP contribution in [-0.2, 0) is 4.79 Å². The molecule has 0 atom stereocenters. The van der Waals surface area contributed by atoms with Gasteiger partial charge in [-0.2, -0.15) is 0 Å². The molecule has 1 aromatic rings. The lowest BCUT2D eigenvalue weighted by Crippen LogP contribution is -2.31. The maximum absolute atomic E-state index is 11.8. The molecule has 0 unspecified atom stereocenters. The molecule has 0 aliphatic heterocycles. The Morgan fingerprint density at radius 2 is 2.06 bits per heavy atom. The molecular weight excluding hydrogens is 294 g/mol. The average molecular weight is 314 g/mol. The highest BCUT2D eigenvalue weighted by Gasteiger charge is 2.08. The number of nitrogen functional groups attached to an aromatic ring is 1. The Morgan fingerprint density at radius 3 is 2.61 bits per heavy atom. The van der Waals surface area contributed by atoms with Crippen LogP contribution in [0.4, 0.5) is 11.4 Å². The van der Waals surface area contributed by atoms with Gasteiger partial charge in [-0.15, -0.1) is 0 Å². The highest BCUT2D eigenvalue weighted by atomic mass is 79.9. The van der Waals surface area contributed by atoms with Crippen molar-refractivity contribution in [2.75, 3.05) is 30.7 Å². The number of hydrogen-bond acceptors (Lipinski definition) is 3. The Balaban J connectivity index is 2.44. The molecule has 18 heavy (non-hydrogen) atoms. The van der Waals surface area contributed by atoms with E-state index in [2.05, 4.69) is 21.2 Å². The average Bonchev–Trinajstić information content (AvgIpc) is 2.33. The second-order valence-corrected chi connectivity index (χ2v) is 4.84. The normalized spacial score (nSPS) is 10.2. The third kappa shape index (κ3) is 4.22. The van der Waals surface area contributed by atoms with E-state index in [1.54, 1.807) is 0 Å². The van der Waals surface area contributed by atoms with Crippen LogP contribution in [0.3, 0.4) is 0 Å². The molecule has 0 spiro atoms. The maximum atomic E-state index is 11.8. The second-order valence-electron chi connectivity index (χ2n) is 3.98. The van der Waals surface area contributed by atoms with E-state index in [4.69, 9.17) is 5.73 Å². The zero-order chi connectivity index (χ0) is 13.5. The summed E-state index contributed by atoms with van der Waals surface area (Å²) in [6.07, 6.45) is 0.499. The number of carbonyl (C=O) groups is 1. The molecule has 0 heterocycles. The molecule has 1 amide bonds. The van der Waals surface area contributed by atoms with Crippen molar-refractivity contribution in [2.45, 2.75) is 20.3 Å². The van der Waals surface area contributed by atoms with Gasteiger partial charge < -0.3 is 16.0 Å². The van der Waals surface area contributed by atoms with Gasteiger partial charge in [0.25, 0.3) is 0 Å². The molecule has 4 nitrogen and oxygen atoms in total. The number of nitrogens with two attached hydrogens (primary N) is 1. The van der Waals surface area contributed by atoms with Crippen molar-refractivity contribution in [1.29, 1.82) is 0 Å². The van der Waals surface area contributed by atoms with Gasteiger partial charge in [0.2, 0.25) is 5.91 Å². The molecule has 0 aromatic heterocycles. The standard InChI is InChI=1S/C13H20BrN3O/c1-3-17(4-2)13(18)7-8-16-12-6-5-10(15)9-11(12)14/h5-6,9,16H,3-4,7-8,15H2,1-2H3. The van der Waals surface area contributed by atoms with Crippen LogP contribution < -0.4 is 11.1 Å². The molecule has 0 aliphatic rings. The highest BCUT2D eigenvalue weighted by Crippen LogP contribution is 2.24. The third-order valence-electron chi connectivity index (χ3n) is 2.76.